The van der Waals surface area contributed by atoms with Crippen LogP contribution in [-0.2, 0) is 0 Å². The topological polar surface area (TPSA) is 17.8 Å². The molecule has 1 aromatic heterocycles. The Morgan fingerprint density at radius 3 is 2.43 bits per heavy atom. The normalized spacial score (nSPS) is 15.3. The summed E-state index contributed by atoms with van der Waals surface area (Å²) in [4.78, 5) is 5.13. The lowest BCUT2D eigenvalue weighted by atomic mass is 9.83. The Morgan fingerprint density at radius 2 is 1.70 bits per heavy atom. The Kier molecular flexibility index (Phi) is 4.36. The van der Waals surface area contributed by atoms with Crippen molar-refractivity contribution in [2.75, 3.05) is 0 Å². The zero-order chi connectivity index (χ0) is 21.2. The highest BCUT2D eigenvalue weighted by Crippen LogP contribution is 2.43. The molecule has 2 heteroatoms. The summed E-state index contributed by atoms with van der Waals surface area (Å²) in [7, 11) is 0. The van der Waals surface area contributed by atoms with Crippen molar-refractivity contribution < 1.29 is 0 Å². The largest absolute Gasteiger partial charge is 0.292 e. The molecule has 1 aliphatic rings. The van der Waals surface area contributed by atoms with E-state index in [-0.39, 0.29) is 0 Å². The van der Waals surface area contributed by atoms with Crippen LogP contribution in [-0.4, -0.2) is 9.55 Å². The Labute approximate surface area is 179 Å². The van der Waals surface area contributed by atoms with Gasteiger partial charge in [-0.05, 0) is 64.8 Å². The summed E-state index contributed by atoms with van der Waals surface area (Å²) >= 11 is 0. The Hall–Kier alpha value is -2.87. The molecule has 0 saturated carbocycles. The molecule has 0 fully saturated rings. The van der Waals surface area contributed by atoms with E-state index in [1.807, 2.05) is 0 Å². The average molecular weight is 395 g/mol. The summed E-state index contributed by atoms with van der Waals surface area (Å²) in [6, 6.07) is 20.5. The first-order valence-corrected chi connectivity index (χ1v) is 11.1. The van der Waals surface area contributed by atoms with Crippen molar-refractivity contribution in [1.29, 1.82) is 0 Å². The van der Waals surface area contributed by atoms with E-state index in [1.54, 1.807) is 0 Å². The van der Waals surface area contributed by atoms with Gasteiger partial charge in [0.05, 0.1) is 16.7 Å². The van der Waals surface area contributed by atoms with Gasteiger partial charge in [0.15, 0.2) is 0 Å². The van der Waals surface area contributed by atoms with Gasteiger partial charge < -0.3 is 0 Å². The molecule has 3 aromatic carbocycles. The van der Waals surface area contributed by atoms with Crippen LogP contribution in [0.2, 0.25) is 0 Å². The minimum atomic E-state index is 0.326. The van der Waals surface area contributed by atoms with Crippen LogP contribution in [0.4, 0.5) is 0 Å². The number of rotatable bonds is 2. The Morgan fingerprint density at radius 1 is 0.900 bits per heavy atom. The van der Waals surface area contributed by atoms with Crippen LogP contribution >= 0.6 is 0 Å². The average Bonchev–Trinajstić information content (AvgIpc) is 3.09. The highest BCUT2D eigenvalue weighted by atomic mass is 15.1. The predicted octanol–water partition coefficient (Wildman–Crippen LogP) is 7.71. The van der Waals surface area contributed by atoms with E-state index < -0.39 is 0 Å². The molecule has 5 rings (SSSR count). The lowest BCUT2D eigenvalue weighted by Gasteiger charge is -2.28. The SMILES string of the molecule is Cc1ccc2c(c1)nc1n2-c2c(C(C)C)cc(C(C)C)cc2C(C)c2cccc-1c2. The van der Waals surface area contributed by atoms with Crippen molar-refractivity contribution in [3.05, 3.63) is 82.4 Å². The second-order valence-electron chi connectivity index (χ2n) is 9.47. The van der Waals surface area contributed by atoms with E-state index in [0.717, 1.165) is 11.3 Å². The summed E-state index contributed by atoms with van der Waals surface area (Å²) in [6.07, 6.45) is 0. The number of nitrogens with zero attached hydrogens (tertiary/aromatic N) is 2. The van der Waals surface area contributed by atoms with E-state index in [1.165, 1.54) is 44.6 Å². The maximum atomic E-state index is 5.13. The maximum Gasteiger partial charge on any atom is 0.145 e. The molecular weight excluding hydrogens is 364 g/mol. The van der Waals surface area contributed by atoms with Gasteiger partial charge in [0.25, 0.3) is 0 Å². The molecule has 0 amide bonds. The molecule has 0 radical (unpaired) electrons. The number of aromatic nitrogens is 2. The van der Waals surface area contributed by atoms with Crippen molar-refractivity contribution in [1.82, 2.24) is 9.55 Å². The summed E-state index contributed by atoms with van der Waals surface area (Å²) in [5, 5.41) is 0. The fraction of sp³-hybridized carbons (Fsp3) is 0.321. The van der Waals surface area contributed by atoms with Crippen LogP contribution in [0.15, 0.2) is 54.6 Å². The summed E-state index contributed by atoms with van der Waals surface area (Å²) in [5.41, 5.74) is 11.6. The van der Waals surface area contributed by atoms with Crippen molar-refractivity contribution in [3.63, 3.8) is 0 Å². The molecule has 1 atom stereocenters. The van der Waals surface area contributed by atoms with Gasteiger partial charge in [-0.2, -0.15) is 0 Å². The van der Waals surface area contributed by atoms with E-state index in [4.69, 9.17) is 4.98 Å². The molecule has 0 saturated heterocycles. The van der Waals surface area contributed by atoms with Crippen LogP contribution in [0.5, 0.6) is 0 Å². The van der Waals surface area contributed by atoms with Gasteiger partial charge in [-0.25, -0.2) is 4.98 Å². The van der Waals surface area contributed by atoms with E-state index in [0.29, 0.717) is 17.8 Å². The molecular formula is C28H30N2. The monoisotopic (exact) mass is 394 g/mol. The second kappa shape index (κ2) is 6.84. The molecule has 2 nitrogen and oxygen atoms in total. The number of imidazole rings is 1. The number of fused-ring (bicyclic) bond motifs is 8. The third-order valence-electron chi connectivity index (χ3n) is 6.62. The van der Waals surface area contributed by atoms with E-state index in [2.05, 4.69) is 101 Å². The number of hydrogen-bond donors (Lipinski definition) is 0. The third kappa shape index (κ3) is 2.81. The second-order valence-corrected chi connectivity index (χ2v) is 9.47. The fourth-order valence-electron chi connectivity index (χ4n) is 4.80. The van der Waals surface area contributed by atoms with Gasteiger partial charge in [0.1, 0.15) is 5.82 Å². The molecule has 4 aromatic rings. The molecule has 152 valence electrons. The van der Waals surface area contributed by atoms with Gasteiger partial charge in [-0.3, -0.25) is 4.57 Å². The summed E-state index contributed by atoms with van der Waals surface area (Å²) in [6.45, 7) is 13.7. The number of benzene rings is 3. The van der Waals surface area contributed by atoms with Crippen molar-refractivity contribution in [2.24, 2.45) is 0 Å². The fourth-order valence-corrected chi connectivity index (χ4v) is 4.80. The first kappa shape index (κ1) is 19.1. The molecule has 1 aliphatic heterocycles. The minimum Gasteiger partial charge on any atom is -0.292 e. The molecule has 0 aliphatic carbocycles. The molecule has 2 bridgehead atoms. The van der Waals surface area contributed by atoms with Crippen molar-refractivity contribution in [3.8, 4) is 17.1 Å². The van der Waals surface area contributed by atoms with Crippen LogP contribution in [0.25, 0.3) is 28.1 Å². The third-order valence-corrected chi connectivity index (χ3v) is 6.62. The van der Waals surface area contributed by atoms with Crippen LogP contribution in [0.1, 0.15) is 80.2 Å². The first-order chi connectivity index (χ1) is 14.3. The highest BCUT2D eigenvalue weighted by Gasteiger charge is 2.27. The first-order valence-electron chi connectivity index (χ1n) is 11.1. The zero-order valence-electron chi connectivity index (χ0n) is 18.8. The molecule has 1 unspecified atom stereocenters. The summed E-state index contributed by atoms with van der Waals surface area (Å²) < 4.78 is 2.43. The Bertz CT molecular complexity index is 1270. The van der Waals surface area contributed by atoms with Crippen molar-refractivity contribution in [2.45, 2.75) is 59.3 Å². The molecule has 30 heavy (non-hydrogen) atoms. The molecule has 0 spiro atoms. The van der Waals surface area contributed by atoms with Gasteiger partial charge in [-0.15, -0.1) is 0 Å². The van der Waals surface area contributed by atoms with Gasteiger partial charge in [0.2, 0.25) is 0 Å². The van der Waals surface area contributed by atoms with Crippen molar-refractivity contribution >= 4 is 11.0 Å². The lowest BCUT2D eigenvalue weighted by Crippen LogP contribution is -2.13. The molecule has 0 N–H and O–H groups in total. The van der Waals surface area contributed by atoms with Gasteiger partial charge in [-0.1, -0.05) is 71.0 Å². The predicted molar refractivity (Wildman–Crippen MR) is 127 cm³/mol. The van der Waals surface area contributed by atoms with Crippen LogP contribution in [0, 0.1) is 6.92 Å². The zero-order valence-corrected chi connectivity index (χ0v) is 18.8. The highest BCUT2D eigenvalue weighted by molar-refractivity contribution is 5.85. The van der Waals surface area contributed by atoms with E-state index in [9.17, 15) is 0 Å². The Balaban J connectivity index is 1.99. The summed E-state index contributed by atoms with van der Waals surface area (Å²) in [5.74, 6) is 2.30. The van der Waals surface area contributed by atoms with Crippen LogP contribution < -0.4 is 0 Å². The quantitative estimate of drug-likeness (QED) is 0.340. The number of hydrogen-bond acceptors (Lipinski definition) is 1. The lowest BCUT2D eigenvalue weighted by molar-refractivity contribution is 0.798. The molecule has 2 heterocycles. The van der Waals surface area contributed by atoms with Crippen LogP contribution in [0.3, 0.4) is 0 Å². The van der Waals surface area contributed by atoms with Gasteiger partial charge in [0, 0.05) is 11.5 Å². The smallest absolute Gasteiger partial charge is 0.145 e. The van der Waals surface area contributed by atoms with E-state index >= 15 is 0 Å². The minimum absolute atomic E-state index is 0.326. The number of aryl methyl sites for hydroxylation is 1. The standard InChI is InChI=1S/C28H30N2/c1-16(2)22-14-23(17(3)4)27-24(15-22)19(6)20-8-7-9-21(13-20)28-29-25-12-18(5)10-11-26(25)30(27)28/h7-17,19H,1-6H3. The maximum absolute atomic E-state index is 5.13. The van der Waals surface area contributed by atoms with Gasteiger partial charge >= 0.3 is 0 Å².